The predicted octanol–water partition coefficient (Wildman–Crippen LogP) is 3.14. The van der Waals surface area contributed by atoms with E-state index in [1.165, 1.54) is 23.1 Å². The van der Waals surface area contributed by atoms with Crippen LogP contribution in [0, 0.1) is 19.8 Å². The van der Waals surface area contributed by atoms with Crippen molar-refractivity contribution in [2.24, 2.45) is 5.92 Å². The molecule has 1 fully saturated rings. The maximum Gasteiger partial charge on any atom is 0.319 e. The lowest BCUT2D eigenvalue weighted by Gasteiger charge is -2.15. The van der Waals surface area contributed by atoms with Gasteiger partial charge in [-0.1, -0.05) is 25.6 Å². The fourth-order valence-electron chi connectivity index (χ4n) is 2.64. The molecule has 124 valence electrons. The number of thiophene rings is 1. The molecule has 0 bridgehead atoms. The van der Waals surface area contributed by atoms with Gasteiger partial charge in [-0.05, 0) is 25.3 Å². The molecule has 3 heterocycles. The number of rotatable bonds is 4. The highest BCUT2D eigenvalue weighted by Crippen LogP contribution is 2.32. The molecule has 0 N–H and O–H groups in total. The van der Waals surface area contributed by atoms with Gasteiger partial charge >= 0.3 is 5.97 Å². The van der Waals surface area contributed by atoms with Crippen molar-refractivity contribution in [2.45, 2.75) is 51.1 Å². The Morgan fingerprint density at radius 3 is 2.74 bits per heavy atom. The summed E-state index contributed by atoms with van der Waals surface area (Å²) in [6.07, 6.45) is 0.668. The average molecular weight is 352 g/mol. The van der Waals surface area contributed by atoms with Gasteiger partial charge in [-0.2, -0.15) is 0 Å². The number of thioether (sulfide) groups is 1. The second-order valence-electron chi connectivity index (χ2n) is 6.23. The third-order valence-corrected chi connectivity index (χ3v) is 6.27. The molecule has 0 aliphatic carbocycles. The van der Waals surface area contributed by atoms with Crippen LogP contribution >= 0.6 is 23.1 Å². The van der Waals surface area contributed by atoms with E-state index in [0.29, 0.717) is 36.0 Å². The minimum absolute atomic E-state index is 0.000542. The van der Waals surface area contributed by atoms with Crippen LogP contribution in [0.2, 0.25) is 0 Å². The number of esters is 1. The summed E-state index contributed by atoms with van der Waals surface area (Å²) >= 11 is 2.90. The van der Waals surface area contributed by atoms with Crippen LogP contribution in [0.4, 0.5) is 0 Å². The quantitative estimate of drug-likeness (QED) is 0.625. The molecule has 1 aliphatic heterocycles. The molecule has 0 saturated carbocycles. The molecular weight excluding hydrogens is 332 g/mol. The summed E-state index contributed by atoms with van der Waals surface area (Å²) in [7, 11) is 0. The Morgan fingerprint density at radius 2 is 2.13 bits per heavy atom. The van der Waals surface area contributed by atoms with Crippen molar-refractivity contribution in [2.75, 3.05) is 6.61 Å². The molecular formula is C16H20N2O3S2. The standard InChI is InChI=1S/C16H20N2O3S2/c1-8(2)7-18-14(19)12-9(3)10(4)22-13(12)17-16(18)23-11-5-6-21-15(11)20/h8,11H,5-7H2,1-4H3/t11-/m0/s1. The smallest absolute Gasteiger partial charge is 0.319 e. The maximum atomic E-state index is 13.0. The maximum absolute atomic E-state index is 13.0. The third kappa shape index (κ3) is 3.04. The molecule has 2 aromatic rings. The molecule has 0 amide bonds. The second-order valence-corrected chi connectivity index (χ2v) is 8.60. The first-order valence-corrected chi connectivity index (χ1v) is 9.42. The first-order valence-electron chi connectivity index (χ1n) is 7.72. The Bertz CT molecular complexity index is 823. The summed E-state index contributed by atoms with van der Waals surface area (Å²) < 4.78 is 6.75. The lowest BCUT2D eigenvalue weighted by atomic mass is 10.2. The van der Waals surface area contributed by atoms with E-state index in [1.54, 1.807) is 4.57 Å². The molecule has 0 spiro atoms. The minimum atomic E-state index is -0.264. The molecule has 3 rings (SSSR count). The fraction of sp³-hybridized carbons (Fsp3) is 0.562. The van der Waals surface area contributed by atoms with Crippen molar-refractivity contribution in [3.05, 3.63) is 20.8 Å². The number of ether oxygens (including phenoxy) is 1. The number of hydrogen-bond acceptors (Lipinski definition) is 6. The van der Waals surface area contributed by atoms with Crippen LogP contribution < -0.4 is 5.56 Å². The van der Waals surface area contributed by atoms with Crippen LogP contribution in [0.5, 0.6) is 0 Å². The normalized spacial score (nSPS) is 18.1. The Kier molecular flexibility index (Phi) is 4.51. The van der Waals surface area contributed by atoms with Crippen molar-refractivity contribution in [3.63, 3.8) is 0 Å². The number of hydrogen-bond donors (Lipinski definition) is 0. The largest absolute Gasteiger partial charge is 0.465 e. The van der Waals surface area contributed by atoms with E-state index in [2.05, 4.69) is 13.8 Å². The van der Waals surface area contributed by atoms with E-state index < -0.39 is 0 Å². The molecule has 1 aliphatic rings. The van der Waals surface area contributed by atoms with Crippen LogP contribution in [-0.4, -0.2) is 27.4 Å². The van der Waals surface area contributed by atoms with Gasteiger partial charge in [-0.25, -0.2) is 4.98 Å². The van der Waals surface area contributed by atoms with Crippen LogP contribution in [0.15, 0.2) is 9.95 Å². The Morgan fingerprint density at radius 1 is 1.39 bits per heavy atom. The van der Waals surface area contributed by atoms with Gasteiger partial charge in [0.05, 0.1) is 12.0 Å². The number of carbonyl (C=O) groups is 1. The van der Waals surface area contributed by atoms with Crippen molar-refractivity contribution in [1.29, 1.82) is 0 Å². The molecule has 7 heteroatoms. The van der Waals surface area contributed by atoms with Crippen LogP contribution in [0.1, 0.15) is 30.7 Å². The first-order chi connectivity index (χ1) is 10.9. The SMILES string of the molecule is Cc1sc2nc(S[C@H]3CCOC3=O)n(CC(C)C)c(=O)c2c1C. The molecule has 2 aromatic heterocycles. The number of fused-ring (bicyclic) bond motifs is 1. The molecule has 0 unspecified atom stereocenters. The van der Waals surface area contributed by atoms with Crippen molar-refractivity contribution < 1.29 is 9.53 Å². The summed E-state index contributed by atoms with van der Waals surface area (Å²) in [5.74, 6) is 0.112. The summed E-state index contributed by atoms with van der Waals surface area (Å²) in [5, 5.41) is 1.08. The Labute approximate surface area is 143 Å². The van der Waals surface area contributed by atoms with Crippen LogP contribution in [0.25, 0.3) is 10.2 Å². The van der Waals surface area contributed by atoms with Crippen LogP contribution in [0.3, 0.4) is 0 Å². The summed E-state index contributed by atoms with van der Waals surface area (Å²) in [4.78, 5) is 31.3. The monoisotopic (exact) mass is 352 g/mol. The van der Waals surface area contributed by atoms with Crippen LogP contribution in [-0.2, 0) is 16.1 Å². The zero-order chi connectivity index (χ0) is 16.7. The second kappa shape index (κ2) is 6.28. The van der Waals surface area contributed by atoms with Gasteiger partial charge in [0, 0.05) is 17.8 Å². The average Bonchev–Trinajstić information content (AvgIpc) is 2.99. The topological polar surface area (TPSA) is 61.2 Å². The predicted molar refractivity (Wildman–Crippen MR) is 93.4 cm³/mol. The summed E-state index contributed by atoms with van der Waals surface area (Å²) in [6.45, 7) is 9.17. The molecule has 23 heavy (non-hydrogen) atoms. The van der Waals surface area contributed by atoms with E-state index >= 15 is 0 Å². The highest BCUT2D eigenvalue weighted by Gasteiger charge is 2.30. The van der Waals surface area contributed by atoms with E-state index in [-0.39, 0.29) is 16.8 Å². The third-order valence-electron chi connectivity index (χ3n) is 3.94. The Balaban J connectivity index is 2.14. The zero-order valence-electron chi connectivity index (χ0n) is 13.7. The van der Waals surface area contributed by atoms with E-state index in [0.717, 1.165) is 15.3 Å². The van der Waals surface area contributed by atoms with Crippen molar-refractivity contribution >= 4 is 39.3 Å². The van der Waals surface area contributed by atoms with Gasteiger partial charge < -0.3 is 4.74 Å². The van der Waals surface area contributed by atoms with E-state index in [9.17, 15) is 9.59 Å². The Hall–Kier alpha value is -1.34. The van der Waals surface area contributed by atoms with Gasteiger partial charge in [-0.3, -0.25) is 14.2 Å². The lowest BCUT2D eigenvalue weighted by molar-refractivity contribution is -0.137. The molecule has 1 saturated heterocycles. The summed E-state index contributed by atoms with van der Waals surface area (Å²) in [6, 6.07) is 0. The highest BCUT2D eigenvalue weighted by molar-refractivity contribution is 8.00. The number of cyclic esters (lactones) is 1. The number of carbonyl (C=O) groups excluding carboxylic acids is 1. The summed E-state index contributed by atoms with van der Waals surface area (Å²) in [5.41, 5.74) is 1.01. The first kappa shape index (κ1) is 16.5. The van der Waals surface area contributed by atoms with E-state index in [1.807, 2.05) is 13.8 Å². The number of nitrogens with zero attached hydrogens (tertiary/aromatic N) is 2. The number of aromatic nitrogens is 2. The molecule has 5 nitrogen and oxygen atoms in total. The lowest BCUT2D eigenvalue weighted by Crippen LogP contribution is -2.26. The number of aryl methyl sites for hydroxylation is 2. The highest BCUT2D eigenvalue weighted by atomic mass is 32.2. The van der Waals surface area contributed by atoms with Crippen molar-refractivity contribution in [3.8, 4) is 0 Å². The zero-order valence-corrected chi connectivity index (χ0v) is 15.3. The van der Waals surface area contributed by atoms with Gasteiger partial charge in [0.25, 0.3) is 5.56 Å². The van der Waals surface area contributed by atoms with Crippen molar-refractivity contribution in [1.82, 2.24) is 9.55 Å². The molecule has 1 atom stereocenters. The minimum Gasteiger partial charge on any atom is -0.465 e. The molecule has 0 radical (unpaired) electrons. The fourth-order valence-corrected chi connectivity index (χ4v) is 4.78. The molecule has 0 aromatic carbocycles. The van der Waals surface area contributed by atoms with E-state index in [4.69, 9.17) is 9.72 Å². The van der Waals surface area contributed by atoms with Gasteiger partial charge in [0.1, 0.15) is 10.1 Å². The van der Waals surface area contributed by atoms with Gasteiger partial charge in [-0.15, -0.1) is 11.3 Å². The van der Waals surface area contributed by atoms with Gasteiger partial charge in [0.2, 0.25) is 0 Å². The van der Waals surface area contributed by atoms with Gasteiger partial charge in [0.15, 0.2) is 5.16 Å².